The van der Waals surface area contributed by atoms with Crippen LogP contribution in [0.2, 0.25) is 0 Å². The van der Waals surface area contributed by atoms with E-state index in [9.17, 15) is 0 Å². The van der Waals surface area contributed by atoms with Crippen LogP contribution < -0.4 is 5.32 Å². The largest absolute Gasteiger partial charge is 0.369 e. The zero-order chi connectivity index (χ0) is 9.03. The summed E-state index contributed by atoms with van der Waals surface area (Å²) in [5.74, 6) is 0. The van der Waals surface area contributed by atoms with E-state index in [1.165, 1.54) is 12.8 Å². The van der Waals surface area contributed by atoms with Gasteiger partial charge in [-0.15, -0.1) is 0 Å². The van der Waals surface area contributed by atoms with Crippen molar-refractivity contribution >= 4 is 0 Å². The molecule has 1 N–H and O–H groups in total. The molecule has 1 rings (SSSR count). The lowest BCUT2D eigenvalue weighted by Crippen LogP contribution is -2.52. The molecule has 0 aliphatic carbocycles. The Kier molecular flexibility index (Phi) is 3.53. The summed E-state index contributed by atoms with van der Waals surface area (Å²) in [7, 11) is 0. The Morgan fingerprint density at radius 3 is 2.75 bits per heavy atom. The van der Waals surface area contributed by atoms with E-state index in [1.54, 1.807) is 0 Å². The van der Waals surface area contributed by atoms with Gasteiger partial charge in [-0.2, -0.15) is 0 Å². The number of rotatable bonds is 3. The molecule has 0 radical (unpaired) electrons. The fourth-order valence-corrected chi connectivity index (χ4v) is 2.00. The first kappa shape index (κ1) is 10.0. The molecule has 2 heteroatoms. The van der Waals surface area contributed by atoms with Crippen LogP contribution in [-0.4, -0.2) is 24.8 Å². The SMILES string of the molecule is CCCC1(CC)CNCC(C)O1. The minimum atomic E-state index is 0.131. The Morgan fingerprint density at radius 2 is 2.25 bits per heavy atom. The van der Waals surface area contributed by atoms with E-state index in [2.05, 4.69) is 26.1 Å². The maximum atomic E-state index is 6.00. The van der Waals surface area contributed by atoms with Crippen LogP contribution in [-0.2, 0) is 4.74 Å². The van der Waals surface area contributed by atoms with E-state index in [-0.39, 0.29) is 5.60 Å². The summed E-state index contributed by atoms with van der Waals surface area (Å²) in [6.07, 6.45) is 3.90. The number of ether oxygens (including phenoxy) is 1. The second kappa shape index (κ2) is 4.24. The minimum absolute atomic E-state index is 0.131. The van der Waals surface area contributed by atoms with Crippen molar-refractivity contribution in [3.8, 4) is 0 Å². The highest BCUT2D eigenvalue weighted by Gasteiger charge is 2.32. The summed E-state index contributed by atoms with van der Waals surface area (Å²) in [6.45, 7) is 8.62. The molecule has 0 aromatic rings. The van der Waals surface area contributed by atoms with Gasteiger partial charge in [0, 0.05) is 13.1 Å². The molecule has 2 unspecified atom stereocenters. The summed E-state index contributed by atoms with van der Waals surface area (Å²) < 4.78 is 6.00. The van der Waals surface area contributed by atoms with E-state index in [1.807, 2.05) is 0 Å². The number of hydrogen-bond donors (Lipinski definition) is 1. The molecule has 1 aliphatic rings. The Morgan fingerprint density at radius 1 is 1.50 bits per heavy atom. The van der Waals surface area contributed by atoms with Crippen molar-refractivity contribution < 1.29 is 4.74 Å². The van der Waals surface area contributed by atoms with Crippen molar-refractivity contribution in [1.29, 1.82) is 0 Å². The smallest absolute Gasteiger partial charge is 0.0807 e. The lowest BCUT2D eigenvalue weighted by atomic mass is 9.93. The van der Waals surface area contributed by atoms with Crippen molar-refractivity contribution in [3.63, 3.8) is 0 Å². The second-order valence-corrected chi connectivity index (χ2v) is 3.85. The molecule has 1 heterocycles. The fraction of sp³-hybridized carbons (Fsp3) is 1.00. The van der Waals surface area contributed by atoms with E-state index >= 15 is 0 Å². The molecule has 0 amide bonds. The molecule has 72 valence electrons. The molecule has 0 bridgehead atoms. The van der Waals surface area contributed by atoms with Crippen molar-refractivity contribution in [2.45, 2.75) is 51.7 Å². The average molecular weight is 171 g/mol. The van der Waals surface area contributed by atoms with Gasteiger partial charge < -0.3 is 10.1 Å². The summed E-state index contributed by atoms with van der Waals surface area (Å²) in [5, 5.41) is 3.44. The Bertz CT molecular complexity index is 134. The normalized spacial score (nSPS) is 36.8. The third-order valence-corrected chi connectivity index (χ3v) is 2.68. The van der Waals surface area contributed by atoms with Crippen LogP contribution >= 0.6 is 0 Å². The molecule has 0 aromatic carbocycles. The van der Waals surface area contributed by atoms with Crippen LogP contribution in [0.25, 0.3) is 0 Å². The molecule has 2 atom stereocenters. The van der Waals surface area contributed by atoms with E-state index in [4.69, 9.17) is 4.74 Å². The highest BCUT2D eigenvalue weighted by atomic mass is 16.5. The predicted molar refractivity (Wildman–Crippen MR) is 51.3 cm³/mol. The van der Waals surface area contributed by atoms with E-state index in [0.717, 1.165) is 19.5 Å². The van der Waals surface area contributed by atoms with Gasteiger partial charge in [0.05, 0.1) is 11.7 Å². The van der Waals surface area contributed by atoms with Gasteiger partial charge >= 0.3 is 0 Å². The van der Waals surface area contributed by atoms with Gasteiger partial charge in [-0.05, 0) is 19.8 Å². The van der Waals surface area contributed by atoms with Crippen LogP contribution in [0, 0.1) is 0 Å². The van der Waals surface area contributed by atoms with Crippen molar-refractivity contribution in [1.82, 2.24) is 5.32 Å². The molecular formula is C10H21NO. The Hall–Kier alpha value is -0.0800. The summed E-state index contributed by atoms with van der Waals surface area (Å²) in [5.41, 5.74) is 0.131. The summed E-state index contributed by atoms with van der Waals surface area (Å²) in [6, 6.07) is 0. The lowest BCUT2D eigenvalue weighted by molar-refractivity contribution is -0.115. The van der Waals surface area contributed by atoms with Gasteiger partial charge in [0.15, 0.2) is 0 Å². The fourth-order valence-electron chi connectivity index (χ4n) is 2.00. The molecule has 1 aliphatic heterocycles. The highest BCUT2D eigenvalue weighted by molar-refractivity contribution is 4.86. The Labute approximate surface area is 75.7 Å². The molecular weight excluding hydrogens is 150 g/mol. The van der Waals surface area contributed by atoms with Gasteiger partial charge in [0.1, 0.15) is 0 Å². The first-order valence-electron chi connectivity index (χ1n) is 5.11. The van der Waals surface area contributed by atoms with Gasteiger partial charge in [-0.1, -0.05) is 20.3 Å². The van der Waals surface area contributed by atoms with Crippen LogP contribution in [0.5, 0.6) is 0 Å². The van der Waals surface area contributed by atoms with Crippen LogP contribution in [0.15, 0.2) is 0 Å². The zero-order valence-corrected chi connectivity index (χ0v) is 8.52. The first-order chi connectivity index (χ1) is 5.72. The monoisotopic (exact) mass is 171 g/mol. The van der Waals surface area contributed by atoms with Crippen LogP contribution in [0.3, 0.4) is 0 Å². The Balaban J connectivity index is 2.51. The molecule has 0 saturated carbocycles. The van der Waals surface area contributed by atoms with Gasteiger partial charge in [-0.3, -0.25) is 0 Å². The second-order valence-electron chi connectivity index (χ2n) is 3.85. The van der Waals surface area contributed by atoms with Gasteiger partial charge in [0.25, 0.3) is 0 Å². The average Bonchev–Trinajstić information content (AvgIpc) is 2.05. The minimum Gasteiger partial charge on any atom is -0.369 e. The maximum absolute atomic E-state index is 6.00. The van der Waals surface area contributed by atoms with Crippen molar-refractivity contribution in [2.75, 3.05) is 13.1 Å². The molecule has 2 nitrogen and oxygen atoms in total. The predicted octanol–water partition coefficient (Wildman–Crippen LogP) is 1.94. The summed E-state index contributed by atoms with van der Waals surface area (Å²) >= 11 is 0. The third-order valence-electron chi connectivity index (χ3n) is 2.68. The van der Waals surface area contributed by atoms with Gasteiger partial charge in [0.2, 0.25) is 0 Å². The lowest BCUT2D eigenvalue weighted by Gasteiger charge is -2.40. The van der Waals surface area contributed by atoms with Crippen molar-refractivity contribution in [2.24, 2.45) is 0 Å². The summed E-state index contributed by atoms with van der Waals surface area (Å²) in [4.78, 5) is 0. The third kappa shape index (κ3) is 2.20. The van der Waals surface area contributed by atoms with E-state index < -0.39 is 0 Å². The molecule has 0 spiro atoms. The maximum Gasteiger partial charge on any atom is 0.0807 e. The number of morpholine rings is 1. The molecule has 1 saturated heterocycles. The zero-order valence-electron chi connectivity index (χ0n) is 8.52. The van der Waals surface area contributed by atoms with Crippen molar-refractivity contribution in [3.05, 3.63) is 0 Å². The molecule has 0 aromatic heterocycles. The van der Waals surface area contributed by atoms with E-state index in [0.29, 0.717) is 6.10 Å². The quantitative estimate of drug-likeness (QED) is 0.700. The molecule has 1 fully saturated rings. The topological polar surface area (TPSA) is 21.3 Å². The molecule has 12 heavy (non-hydrogen) atoms. The standard InChI is InChI=1S/C10H21NO/c1-4-6-10(5-2)8-11-7-9(3)12-10/h9,11H,4-8H2,1-3H3. The van der Waals surface area contributed by atoms with Crippen LogP contribution in [0.4, 0.5) is 0 Å². The first-order valence-corrected chi connectivity index (χ1v) is 5.11. The van der Waals surface area contributed by atoms with Gasteiger partial charge in [-0.25, -0.2) is 0 Å². The highest BCUT2D eigenvalue weighted by Crippen LogP contribution is 2.25. The van der Waals surface area contributed by atoms with Crippen LogP contribution in [0.1, 0.15) is 40.0 Å². The number of nitrogens with one attached hydrogen (secondary N) is 1. The number of hydrogen-bond acceptors (Lipinski definition) is 2.